The molecule has 3 rings (SSSR count). The number of aromatic nitrogens is 2. The molecule has 2 atom stereocenters. The molecule has 2 amide bonds. The van der Waals surface area contributed by atoms with Crippen molar-refractivity contribution in [3.05, 3.63) is 41.6 Å². The van der Waals surface area contributed by atoms with Crippen LogP contribution in [0, 0.1) is 6.92 Å². The number of carboxylic acid groups (broad SMARTS) is 1. The number of rotatable bonds is 6. The summed E-state index contributed by atoms with van der Waals surface area (Å²) >= 11 is 0. The van der Waals surface area contributed by atoms with E-state index < -0.39 is 12.0 Å². The third-order valence-electron chi connectivity index (χ3n) is 4.77. The normalized spacial score (nSPS) is 18.9. The largest absolute Gasteiger partial charge is 0.465 e. The predicted molar refractivity (Wildman–Crippen MR) is 106 cm³/mol. The molecule has 0 saturated heterocycles. The van der Waals surface area contributed by atoms with E-state index >= 15 is 0 Å². The van der Waals surface area contributed by atoms with Crippen LogP contribution >= 0.6 is 0 Å². The molecule has 1 aromatic carbocycles. The van der Waals surface area contributed by atoms with Crippen molar-refractivity contribution in [2.75, 3.05) is 10.6 Å². The van der Waals surface area contributed by atoms with Gasteiger partial charge in [-0.25, -0.2) is 4.79 Å². The number of hydrogen-bond acceptors (Lipinski definition) is 6. The minimum Gasteiger partial charge on any atom is -0.465 e. The molecule has 6 N–H and O–H groups in total. The van der Waals surface area contributed by atoms with Crippen molar-refractivity contribution in [1.82, 2.24) is 15.5 Å². The highest BCUT2D eigenvalue weighted by molar-refractivity contribution is 5.97. The van der Waals surface area contributed by atoms with Gasteiger partial charge in [-0.1, -0.05) is 30.5 Å². The van der Waals surface area contributed by atoms with Crippen molar-refractivity contribution in [3.8, 4) is 0 Å². The Morgan fingerprint density at radius 2 is 1.79 bits per heavy atom. The van der Waals surface area contributed by atoms with Crippen molar-refractivity contribution >= 4 is 29.2 Å². The molecule has 0 bridgehead atoms. The minimum atomic E-state index is -1.05. The molecule has 2 aromatic rings. The summed E-state index contributed by atoms with van der Waals surface area (Å²) in [6.07, 6.45) is 2.48. The summed E-state index contributed by atoms with van der Waals surface area (Å²) in [6.45, 7) is 1.99. The molecular formula is C19H24N6O3. The maximum Gasteiger partial charge on any atom is 0.404 e. The van der Waals surface area contributed by atoms with E-state index in [1.807, 2.05) is 31.2 Å². The molecule has 1 saturated carbocycles. The van der Waals surface area contributed by atoms with Gasteiger partial charge < -0.3 is 26.8 Å². The summed E-state index contributed by atoms with van der Waals surface area (Å²) in [4.78, 5) is 22.8. The third-order valence-corrected chi connectivity index (χ3v) is 4.77. The summed E-state index contributed by atoms with van der Waals surface area (Å²) in [5.41, 5.74) is 7.80. The minimum absolute atomic E-state index is 0.0370. The quantitative estimate of drug-likeness (QED) is 0.515. The monoisotopic (exact) mass is 384 g/mol. The number of amides is 2. The van der Waals surface area contributed by atoms with Gasteiger partial charge in [0.05, 0.1) is 11.7 Å². The van der Waals surface area contributed by atoms with Crippen molar-refractivity contribution < 1.29 is 14.7 Å². The lowest BCUT2D eigenvalue weighted by Gasteiger charge is -2.32. The second-order valence-electron chi connectivity index (χ2n) is 6.94. The van der Waals surface area contributed by atoms with Crippen LogP contribution in [0.2, 0.25) is 0 Å². The summed E-state index contributed by atoms with van der Waals surface area (Å²) in [6, 6.07) is 9.03. The van der Waals surface area contributed by atoms with E-state index in [4.69, 9.17) is 10.8 Å². The zero-order chi connectivity index (χ0) is 20.1. The highest BCUT2D eigenvalue weighted by Crippen LogP contribution is 2.25. The molecule has 148 valence electrons. The number of anilines is 3. The molecule has 1 aliphatic rings. The summed E-state index contributed by atoms with van der Waals surface area (Å²) < 4.78 is 0. The number of primary amides is 1. The van der Waals surface area contributed by atoms with E-state index in [-0.39, 0.29) is 17.8 Å². The number of hydrogen-bond donors (Lipinski definition) is 5. The predicted octanol–water partition coefficient (Wildman–Crippen LogP) is 2.62. The Hall–Kier alpha value is -3.36. The summed E-state index contributed by atoms with van der Waals surface area (Å²) in [5, 5.41) is 26.0. The van der Waals surface area contributed by atoms with E-state index in [1.165, 1.54) is 0 Å². The fourth-order valence-electron chi connectivity index (χ4n) is 3.36. The Labute approximate surface area is 162 Å². The summed E-state index contributed by atoms with van der Waals surface area (Å²) in [5.74, 6) is -0.236. The number of nitrogens with two attached hydrogens (primary N) is 1. The molecule has 28 heavy (non-hydrogen) atoms. The number of carbonyl (C=O) groups excluding carboxylic acids is 1. The Balaban J connectivity index is 1.82. The van der Waals surface area contributed by atoms with Gasteiger partial charge in [0.2, 0.25) is 0 Å². The molecule has 1 aliphatic carbocycles. The Bertz CT molecular complexity index is 855. The third kappa shape index (κ3) is 4.87. The van der Waals surface area contributed by atoms with Gasteiger partial charge in [0.1, 0.15) is 0 Å². The van der Waals surface area contributed by atoms with Crippen LogP contribution < -0.4 is 21.7 Å². The molecule has 1 heterocycles. The van der Waals surface area contributed by atoms with Crippen LogP contribution in [0.25, 0.3) is 0 Å². The molecule has 0 radical (unpaired) electrons. The number of nitrogens with zero attached hydrogens (tertiary/aromatic N) is 2. The van der Waals surface area contributed by atoms with E-state index in [1.54, 1.807) is 6.07 Å². The lowest BCUT2D eigenvalue weighted by Crippen LogP contribution is -2.48. The van der Waals surface area contributed by atoms with E-state index in [0.717, 1.165) is 36.9 Å². The van der Waals surface area contributed by atoms with Crippen molar-refractivity contribution in [2.24, 2.45) is 5.73 Å². The van der Waals surface area contributed by atoms with Crippen molar-refractivity contribution in [2.45, 2.75) is 44.7 Å². The Kier molecular flexibility index (Phi) is 5.93. The van der Waals surface area contributed by atoms with Crippen LogP contribution in [0.1, 0.15) is 41.7 Å². The maximum absolute atomic E-state index is 11.7. The molecule has 9 nitrogen and oxygen atoms in total. The van der Waals surface area contributed by atoms with Gasteiger partial charge in [0, 0.05) is 17.8 Å². The lowest BCUT2D eigenvalue weighted by molar-refractivity contribution is 0.0995. The number of benzene rings is 1. The number of nitrogens with one attached hydrogen (secondary N) is 3. The second kappa shape index (κ2) is 8.55. The van der Waals surface area contributed by atoms with Gasteiger partial charge in [-0.2, -0.15) is 0 Å². The number of carbonyl (C=O) groups is 2. The standard InChI is InChI=1S/C19H24N6O3/c1-11-6-8-12(9-7-11)21-15-10-16(24-25-17(15)18(20)26)22-13-4-2-3-5-14(13)23-19(27)28/h6-10,13-14,23H,2-5H2,1H3,(H2,20,26)(H,27,28)(H2,21,22,24)/t13-,14+/m1/s1. The van der Waals surface area contributed by atoms with E-state index in [9.17, 15) is 9.59 Å². The van der Waals surface area contributed by atoms with Crippen LogP contribution in [0.3, 0.4) is 0 Å². The lowest BCUT2D eigenvalue weighted by atomic mass is 9.90. The van der Waals surface area contributed by atoms with Crippen molar-refractivity contribution in [3.63, 3.8) is 0 Å². The topological polar surface area (TPSA) is 142 Å². The van der Waals surface area contributed by atoms with Crippen LogP contribution in [-0.4, -0.2) is 39.4 Å². The van der Waals surface area contributed by atoms with Gasteiger partial charge in [-0.3, -0.25) is 4.79 Å². The zero-order valence-electron chi connectivity index (χ0n) is 15.6. The van der Waals surface area contributed by atoms with Crippen molar-refractivity contribution in [1.29, 1.82) is 0 Å². The van der Waals surface area contributed by atoms with Gasteiger partial charge in [0.15, 0.2) is 11.5 Å². The first-order valence-electron chi connectivity index (χ1n) is 9.19. The van der Waals surface area contributed by atoms with Gasteiger partial charge in [-0.15, -0.1) is 10.2 Å². The molecule has 0 aliphatic heterocycles. The second-order valence-corrected chi connectivity index (χ2v) is 6.94. The molecular weight excluding hydrogens is 360 g/mol. The molecule has 0 spiro atoms. The van der Waals surface area contributed by atoms with Crippen LogP contribution in [0.15, 0.2) is 30.3 Å². The summed E-state index contributed by atoms with van der Waals surface area (Å²) in [7, 11) is 0. The molecule has 1 aromatic heterocycles. The first kappa shape index (κ1) is 19.4. The van der Waals surface area contributed by atoms with Crippen LogP contribution in [0.5, 0.6) is 0 Å². The van der Waals surface area contributed by atoms with Gasteiger partial charge >= 0.3 is 6.09 Å². The smallest absolute Gasteiger partial charge is 0.404 e. The van der Waals surface area contributed by atoms with Crippen LogP contribution in [0.4, 0.5) is 22.0 Å². The zero-order valence-corrected chi connectivity index (χ0v) is 15.6. The average Bonchev–Trinajstić information content (AvgIpc) is 2.65. The van der Waals surface area contributed by atoms with E-state index in [0.29, 0.717) is 11.5 Å². The van der Waals surface area contributed by atoms with Gasteiger partial charge in [0.25, 0.3) is 5.91 Å². The Morgan fingerprint density at radius 3 is 2.43 bits per heavy atom. The first-order chi connectivity index (χ1) is 13.4. The fraction of sp³-hybridized carbons (Fsp3) is 0.368. The molecule has 1 fully saturated rings. The van der Waals surface area contributed by atoms with Gasteiger partial charge in [-0.05, 0) is 31.9 Å². The fourth-order valence-corrected chi connectivity index (χ4v) is 3.36. The number of aryl methyl sites for hydroxylation is 1. The Morgan fingerprint density at radius 1 is 1.11 bits per heavy atom. The molecule has 9 heteroatoms. The SMILES string of the molecule is Cc1ccc(Nc2cc(N[C@@H]3CCCC[C@@H]3NC(=O)O)nnc2C(N)=O)cc1. The first-order valence-corrected chi connectivity index (χ1v) is 9.19. The highest BCUT2D eigenvalue weighted by Gasteiger charge is 2.27. The van der Waals surface area contributed by atoms with E-state index in [2.05, 4.69) is 26.1 Å². The average molecular weight is 384 g/mol. The van der Waals surface area contributed by atoms with Crippen LogP contribution in [-0.2, 0) is 0 Å². The highest BCUT2D eigenvalue weighted by atomic mass is 16.4. The maximum atomic E-state index is 11.7. The molecule has 0 unspecified atom stereocenters.